The second kappa shape index (κ2) is 10.1. The van der Waals surface area contributed by atoms with Crippen molar-refractivity contribution in [3.05, 3.63) is 83.9 Å². The molecule has 1 aliphatic heterocycles. The first-order chi connectivity index (χ1) is 15.6. The topological polar surface area (TPSA) is 74.3 Å². The summed E-state index contributed by atoms with van der Waals surface area (Å²) in [6.45, 7) is 1.26. The fourth-order valence-electron chi connectivity index (χ4n) is 3.93. The quantitative estimate of drug-likeness (QED) is 0.627. The first-order valence-corrected chi connectivity index (χ1v) is 11.0. The number of aromatic nitrogens is 1. The Morgan fingerprint density at radius 3 is 2.50 bits per heavy atom. The van der Waals surface area contributed by atoms with E-state index in [1.54, 1.807) is 6.07 Å². The Morgan fingerprint density at radius 2 is 1.75 bits per heavy atom. The van der Waals surface area contributed by atoms with Gasteiger partial charge in [-0.05, 0) is 37.0 Å². The van der Waals surface area contributed by atoms with Crippen molar-refractivity contribution in [2.24, 2.45) is 0 Å². The Kier molecular flexibility index (Phi) is 6.80. The Bertz CT molecular complexity index is 1070. The van der Waals surface area contributed by atoms with Crippen molar-refractivity contribution in [3.8, 4) is 11.3 Å². The summed E-state index contributed by atoms with van der Waals surface area (Å²) in [6.07, 6.45) is 2.47. The SMILES string of the molecule is CN(Cc1ccccc1)c1nc(-c2ccccc2)ccc1C(=O)N[C@H]1CCCCNC1=O. The van der Waals surface area contributed by atoms with Crippen LogP contribution in [0, 0.1) is 0 Å². The average Bonchev–Trinajstić information content (AvgIpc) is 3.03. The molecule has 6 heteroatoms. The molecule has 6 nitrogen and oxygen atoms in total. The third-order valence-electron chi connectivity index (χ3n) is 5.65. The van der Waals surface area contributed by atoms with Gasteiger partial charge in [0.2, 0.25) is 5.91 Å². The highest BCUT2D eigenvalue weighted by Gasteiger charge is 2.25. The fourth-order valence-corrected chi connectivity index (χ4v) is 3.93. The van der Waals surface area contributed by atoms with Gasteiger partial charge in [-0.1, -0.05) is 60.7 Å². The first kappa shape index (κ1) is 21.6. The van der Waals surface area contributed by atoms with Gasteiger partial charge in [0.15, 0.2) is 0 Å². The van der Waals surface area contributed by atoms with Gasteiger partial charge in [0, 0.05) is 25.7 Å². The minimum Gasteiger partial charge on any atom is -0.355 e. The summed E-state index contributed by atoms with van der Waals surface area (Å²) >= 11 is 0. The summed E-state index contributed by atoms with van der Waals surface area (Å²) in [7, 11) is 1.93. The van der Waals surface area contributed by atoms with E-state index in [2.05, 4.69) is 10.6 Å². The number of nitrogens with zero attached hydrogens (tertiary/aromatic N) is 2. The summed E-state index contributed by atoms with van der Waals surface area (Å²) in [4.78, 5) is 32.4. The van der Waals surface area contributed by atoms with Crippen molar-refractivity contribution in [1.29, 1.82) is 0 Å². The molecule has 2 aromatic carbocycles. The standard InChI is InChI=1S/C26H28N4O2/c1-30(18-19-10-4-2-5-11-19)24-21(15-16-22(28-24)20-12-6-3-7-13-20)25(31)29-23-14-8-9-17-27-26(23)32/h2-7,10-13,15-16,23H,8-9,14,17-18H2,1H3,(H,27,32)(H,29,31)/t23-/m0/s1. The molecule has 2 heterocycles. The van der Waals surface area contributed by atoms with Gasteiger partial charge in [0.25, 0.3) is 5.91 Å². The van der Waals surface area contributed by atoms with Crippen LogP contribution in [0.3, 0.4) is 0 Å². The summed E-state index contributed by atoms with van der Waals surface area (Å²) in [5, 5.41) is 5.80. The smallest absolute Gasteiger partial charge is 0.255 e. The molecule has 1 aromatic heterocycles. The predicted molar refractivity (Wildman–Crippen MR) is 126 cm³/mol. The van der Waals surface area contributed by atoms with E-state index >= 15 is 0 Å². The monoisotopic (exact) mass is 428 g/mol. The van der Waals surface area contributed by atoms with E-state index in [0.717, 1.165) is 29.7 Å². The van der Waals surface area contributed by atoms with Crippen molar-refractivity contribution in [3.63, 3.8) is 0 Å². The van der Waals surface area contributed by atoms with Crippen LogP contribution in [0.1, 0.15) is 35.2 Å². The van der Waals surface area contributed by atoms with Gasteiger partial charge in [-0.3, -0.25) is 9.59 Å². The van der Waals surface area contributed by atoms with Gasteiger partial charge >= 0.3 is 0 Å². The van der Waals surface area contributed by atoms with Crippen LogP contribution in [0.2, 0.25) is 0 Å². The Morgan fingerprint density at radius 1 is 1.03 bits per heavy atom. The van der Waals surface area contributed by atoms with Gasteiger partial charge in [0.05, 0.1) is 11.3 Å². The number of carbonyl (C=O) groups excluding carboxylic acids is 2. The van der Waals surface area contributed by atoms with E-state index in [9.17, 15) is 9.59 Å². The second-order valence-corrected chi connectivity index (χ2v) is 8.09. The molecule has 1 aliphatic rings. The maximum Gasteiger partial charge on any atom is 0.255 e. The van der Waals surface area contributed by atoms with Crippen LogP contribution in [-0.4, -0.2) is 36.4 Å². The highest BCUT2D eigenvalue weighted by molar-refractivity contribution is 6.01. The molecule has 0 unspecified atom stereocenters. The Labute approximate surface area is 188 Å². The molecule has 1 atom stereocenters. The fraction of sp³-hybridized carbons (Fsp3) is 0.269. The normalized spacial score (nSPS) is 16.0. The number of hydrogen-bond donors (Lipinski definition) is 2. The van der Waals surface area contributed by atoms with E-state index in [4.69, 9.17) is 4.98 Å². The minimum atomic E-state index is -0.522. The number of anilines is 1. The van der Waals surface area contributed by atoms with E-state index in [-0.39, 0.29) is 11.8 Å². The lowest BCUT2D eigenvalue weighted by Gasteiger charge is -2.23. The third kappa shape index (κ3) is 5.14. The molecule has 0 radical (unpaired) electrons. The van der Waals surface area contributed by atoms with Gasteiger partial charge in [-0.15, -0.1) is 0 Å². The van der Waals surface area contributed by atoms with Crippen molar-refractivity contribution >= 4 is 17.6 Å². The van der Waals surface area contributed by atoms with E-state index in [1.165, 1.54) is 0 Å². The van der Waals surface area contributed by atoms with Crippen molar-refractivity contribution in [1.82, 2.24) is 15.6 Å². The van der Waals surface area contributed by atoms with Crippen LogP contribution in [0.4, 0.5) is 5.82 Å². The predicted octanol–water partition coefficient (Wildman–Crippen LogP) is 3.78. The molecule has 0 aliphatic carbocycles. The number of benzene rings is 2. The zero-order chi connectivity index (χ0) is 22.3. The molecule has 0 bridgehead atoms. The highest BCUT2D eigenvalue weighted by atomic mass is 16.2. The maximum atomic E-state index is 13.2. The average molecular weight is 429 g/mol. The number of carbonyl (C=O) groups is 2. The number of amides is 2. The number of hydrogen-bond acceptors (Lipinski definition) is 4. The van der Waals surface area contributed by atoms with E-state index < -0.39 is 6.04 Å². The van der Waals surface area contributed by atoms with Crippen LogP contribution in [0.5, 0.6) is 0 Å². The van der Waals surface area contributed by atoms with Crippen LogP contribution in [0.15, 0.2) is 72.8 Å². The third-order valence-corrected chi connectivity index (χ3v) is 5.65. The summed E-state index contributed by atoms with van der Waals surface area (Å²) in [6, 6.07) is 23.1. The summed E-state index contributed by atoms with van der Waals surface area (Å²) in [5.74, 6) is 0.180. The molecule has 164 valence electrons. The van der Waals surface area contributed by atoms with Gasteiger partial charge in [0.1, 0.15) is 11.9 Å². The molecule has 1 saturated heterocycles. The summed E-state index contributed by atoms with van der Waals surface area (Å²) < 4.78 is 0. The number of rotatable bonds is 6. The molecule has 2 N–H and O–H groups in total. The van der Waals surface area contributed by atoms with Crippen molar-refractivity contribution in [2.75, 3.05) is 18.5 Å². The minimum absolute atomic E-state index is 0.121. The largest absolute Gasteiger partial charge is 0.355 e. The second-order valence-electron chi connectivity index (χ2n) is 8.09. The van der Waals surface area contributed by atoms with E-state index in [1.807, 2.05) is 78.7 Å². The molecule has 32 heavy (non-hydrogen) atoms. The van der Waals surface area contributed by atoms with Crippen LogP contribution in [-0.2, 0) is 11.3 Å². The molecule has 0 saturated carbocycles. The molecule has 2 amide bonds. The Hall–Kier alpha value is -3.67. The highest BCUT2D eigenvalue weighted by Crippen LogP contribution is 2.25. The molecule has 3 aromatic rings. The van der Waals surface area contributed by atoms with Crippen LogP contribution < -0.4 is 15.5 Å². The molecular weight excluding hydrogens is 400 g/mol. The number of pyridine rings is 1. The van der Waals surface area contributed by atoms with E-state index in [0.29, 0.717) is 30.9 Å². The zero-order valence-corrected chi connectivity index (χ0v) is 18.3. The molecule has 0 spiro atoms. The van der Waals surface area contributed by atoms with Gasteiger partial charge < -0.3 is 15.5 Å². The lowest BCUT2D eigenvalue weighted by atomic mass is 10.1. The van der Waals surface area contributed by atoms with Crippen LogP contribution in [0.25, 0.3) is 11.3 Å². The molecule has 4 rings (SSSR count). The lowest BCUT2D eigenvalue weighted by molar-refractivity contribution is -0.122. The summed E-state index contributed by atoms with van der Waals surface area (Å²) in [5.41, 5.74) is 3.36. The molecular formula is C26H28N4O2. The molecule has 1 fully saturated rings. The maximum absolute atomic E-state index is 13.2. The lowest BCUT2D eigenvalue weighted by Crippen LogP contribution is -2.45. The van der Waals surface area contributed by atoms with Crippen molar-refractivity contribution in [2.45, 2.75) is 31.8 Å². The van der Waals surface area contributed by atoms with Gasteiger partial charge in [-0.2, -0.15) is 0 Å². The first-order valence-electron chi connectivity index (χ1n) is 11.0. The van der Waals surface area contributed by atoms with Crippen molar-refractivity contribution < 1.29 is 9.59 Å². The number of nitrogens with one attached hydrogen (secondary N) is 2. The van der Waals surface area contributed by atoms with Crippen LogP contribution >= 0.6 is 0 Å². The zero-order valence-electron chi connectivity index (χ0n) is 18.3. The Balaban J connectivity index is 1.65. The van der Waals surface area contributed by atoms with Gasteiger partial charge in [-0.25, -0.2) is 4.98 Å².